The highest BCUT2D eigenvalue weighted by atomic mass is 32.2. The molecule has 1 N–H and O–H groups in total. The van der Waals surface area contributed by atoms with Gasteiger partial charge in [0.2, 0.25) is 5.91 Å². The zero-order valence-corrected chi connectivity index (χ0v) is 13.6. The molecule has 0 bridgehead atoms. The standard InChI is InChI=1S/C17H25NO2S/c1-14(17(20)18-10-4-2-3-5-11-18)21-13-16-8-6-15(12-19)7-9-16/h6-9,14,19H,2-5,10-13H2,1H3. The molecule has 1 aliphatic rings. The molecule has 4 heteroatoms. The second kappa shape index (κ2) is 8.44. The summed E-state index contributed by atoms with van der Waals surface area (Å²) in [6.45, 7) is 3.95. The SMILES string of the molecule is CC(SCc1ccc(CO)cc1)C(=O)N1CCCCCC1. The summed E-state index contributed by atoms with van der Waals surface area (Å²) in [5.74, 6) is 1.13. The second-order valence-corrected chi connectivity index (χ2v) is 7.00. The van der Waals surface area contributed by atoms with Gasteiger partial charge in [0.05, 0.1) is 11.9 Å². The summed E-state index contributed by atoms with van der Waals surface area (Å²) in [4.78, 5) is 14.5. The molecule has 0 aromatic heterocycles. The van der Waals surface area contributed by atoms with Crippen LogP contribution in [0.5, 0.6) is 0 Å². The van der Waals surface area contributed by atoms with Crippen LogP contribution in [-0.4, -0.2) is 34.3 Å². The molecular weight excluding hydrogens is 282 g/mol. The Morgan fingerprint density at radius 1 is 1.14 bits per heavy atom. The van der Waals surface area contributed by atoms with E-state index in [-0.39, 0.29) is 17.8 Å². The maximum Gasteiger partial charge on any atom is 0.235 e. The Bertz CT molecular complexity index is 439. The number of amides is 1. The molecule has 0 spiro atoms. The number of hydrogen-bond donors (Lipinski definition) is 1. The van der Waals surface area contributed by atoms with Gasteiger partial charge in [-0.3, -0.25) is 4.79 Å². The molecule has 0 aliphatic carbocycles. The first kappa shape index (κ1) is 16.4. The van der Waals surface area contributed by atoms with Gasteiger partial charge < -0.3 is 10.0 Å². The fourth-order valence-electron chi connectivity index (χ4n) is 2.58. The van der Waals surface area contributed by atoms with Crippen LogP contribution in [0.25, 0.3) is 0 Å². The number of aliphatic hydroxyl groups excluding tert-OH is 1. The van der Waals surface area contributed by atoms with Gasteiger partial charge in [-0.2, -0.15) is 0 Å². The summed E-state index contributed by atoms with van der Waals surface area (Å²) in [5.41, 5.74) is 2.13. The van der Waals surface area contributed by atoms with Crippen molar-refractivity contribution in [1.82, 2.24) is 4.90 Å². The molecule has 0 radical (unpaired) electrons. The lowest BCUT2D eigenvalue weighted by Gasteiger charge is -2.23. The summed E-state index contributed by atoms with van der Waals surface area (Å²) in [6.07, 6.45) is 4.79. The lowest BCUT2D eigenvalue weighted by atomic mass is 10.2. The van der Waals surface area contributed by atoms with E-state index in [0.29, 0.717) is 0 Å². The molecule has 21 heavy (non-hydrogen) atoms. The average molecular weight is 307 g/mol. The zero-order valence-electron chi connectivity index (χ0n) is 12.8. The third-order valence-corrected chi connectivity index (χ3v) is 5.17. The van der Waals surface area contributed by atoms with Gasteiger partial charge in [-0.05, 0) is 30.9 Å². The van der Waals surface area contributed by atoms with Crippen molar-refractivity contribution in [3.63, 3.8) is 0 Å². The fraction of sp³-hybridized carbons (Fsp3) is 0.588. The normalized spacial score (nSPS) is 17.3. The number of hydrogen-bond acceptors (Lipinski definition) is 3. The van der Waals surface area contributed by atoms with Crippen LogP contribution in [0.2, 0.25) is 0 Å². The summed E-state index contributed by atoms with van der Waals surface area (Å²) in [6, 6.07) is 7.94. The van der Waals surface area contributed by atoms with Gasteiger partial charge in [0, 0.05) is 18.8 Å². The van der Waals surface area contributed by atoms with Crippen molar-refractivity contribution in [2.45, 2.75) is 50.2 Å². The second-order valence-electron chi connectivity index (χ2n) is 5.67. The Labute approximate surface area is 131 Å². The van der Waals surface area contributed by atoms with E-state index in [0.717, 1.165) is 37.2 Å². The van der Waals surface area contributed by atoms with Crippen LogP contribution in [0, 0.1) is 0 Å². The fourth-order valence-corrected chi connectivity index (χ4v) is 3.51. The van der Waals surface area contributed by atoms with E-state index < -0.39 is 0 Å². The molecule has 116 valence electrons. The zero-order chi connectivity index (χ0) is 15.1. The summed E-state index contributed by atoms with van der Waals surface area (Å²) in [7, 11) is 0. The average Bonchev–Trinajstić information content (AvgIpc) is 2.81. The number of thioether (sulfide) groups is 1. The maximum atomic E-state index is 12.4. The van der Waals surface area contributed by atoms with Gasteiger partial charge >= 0.3 is 0 Å². The lowest BCUT2D eigenvalue weighted by Crippen LogP contribution is -2.37. The Balaban J connectivity index is 1.82. The van der Waals surface area contributed by atoms with Crippen LogP contribution in [0.15, 0.2) is 24.3 Å². The van der Waals surface area contributed by atoms with Gasteiger partial charge in [0.15, 0.2) is 0 Å². The molecular formula is C17H25NO2S. The molecule has 1 unspecified atom stereocenters. The van der Waals surface area contributed by atoms with E-state index in [9.17, 15) is 4.79 Å². The van der Waals surface area contributed by atoms with Gasteiger partial charge in [-0.1, -0.05) is 37.1 Å². The monoisotopic (exact) mass is 307 g/mol. The van der Waals surface area contributed by atoms with E-state index in [4.69, 9.17) is 5.11 Å². The van der Waals surface area contributed by atoms with Crippen LogP contribution in [0.3, 0.4) is 0 Å². The van der Waals surface area contributed by atoms with Crippen molar-refractivity contribution >= 4 is 17.7 Å². The van der Waals surface area contributed by atoms with Crippen molar-refractivity contribution in [3.05, 3.63) is 35.4 Å². The number of rotatable bonds is 5. The van der Waals surface area contributed by atoms with E-state index >= 15 is 0 Å². The van der Waals surface area contributed by atoms with E-state index in [2.05, 4.69) is 0 Å². The molecule has 3 nitrogen and oxygen atoms in total. The molecule has 1 aromatic rings. The van der Waals surface area contributed by atoms with Gasteiger partial charge in [-0.25, -0.2) is 0 Å². The first-order valence-corrected chi connectivity index (χ1v) is 8.84. The first-order chi connectivity index (χ1) is 10.2. The quantitative estimate of drug-likeness (QED) is 0.908. The predicted octanol–water partition coefficient (Wildman–Crippen LogP) is 3.20. The predicted molar refractivity (Wildman–Crippen MR) is 88.2 cm³/mol. The van der Waals surface area contributed by atoms with Crippen LogP contribution >= 0.6 is 11.8 Å². The Kier molecular flexibility index (Phi) is 6.58. The van der Waals surface area contributed by atoms with Crippen molar-refractivity contribution in [2.75, 3.05) is 13.1 Å². The minimum Gasteiger partial charge on any atom is -0.392 e. The molecule has 1 aromatic carbocycles. The highest BCUT2D eigenvalue weighted by Gasteiger charge is 2.21. The number of carbonyl (C=O) groups excluding carboxylic acids is 1. The third-order valence-electron chi connectivity index (χ3n) is 3.97. The minimum absolute atomic E-state index is 0.0145. The Morgan fingerprint density at radius 2 is 1.71 bits per heavy atom. The molecule has 0 saturated carbocycles. The Hall–Kier alpha value is -1.00. The summed E-state index contributed by atoms with van der Waals surface area (Å²) < 4.78 is 0. The summed E-state index contributed by atoms with van der Waals surface area (Å²) in [5, 5.41) is 9.05. The number of benzene rings is 1. The van der Waals surface area contributed by atoms with Crippen LogP contribution in [0.4, 0.5) is 0 Å². The third kappa shape index (κ3) is 5.04. The van der Waals surface area contributed by atoms with Crippen LogP contribution in [-0.2, 0) is 17.2 Å². The largest absolute Gasteiger partial charge is 0.392 e. The highest BCUT2D eigenvalue weighted by molar-refractivity contribution is 7.99. The van der Waals surface area contributed by atoms with Crippen LogP contribution < -0.4 is 0 Å². The van der Waals surface area contributed by atoms with E-state index in [1.165, 1.54) is 18.4 Å². The molecule has 1 atom stereocenters. The number of carbonyl (C=O) groups is 1. The molecule has 1 heterocycles. The van der Waals surface area contributed by atoms with E-state index in [1.807, 2.05) is 36.1 Å². The molecule has 1 amide bonds. The molecule has 1 fully saturated rings. The smallest absolute Gasteiger partial charge is 0.235 e. The number of aliphatic hydroxyl groups is 1. The van der Waals surface area contributed by atoms with Gasteiger partial charge in [-0.15, -0.1) is 11.8 Å². The topological polar surface area (TPSA) is 40.5 Å². The number of nitrogens with zero attached hydrogens (tertiary/aromatic N) is 1. The lowest BCUT2D eigenvalue weighted by molar-refractivity contribution is -0.130. The van der Waals surface area contributed by atoms with Crippen molar-refractivity contribution < 1.29 is 9.90 Å². The van der Waals surface area contributed by atoms with Crippen molar-refractivity contribution in [2.24, 2.45) is 0 Å². The summed E-state index contributed by atoms with van der Waals surface area (Å²) >= 11 is 1.70. The minimum atomic E-state index is 0.0145. The van der Waals surface area contributed by atoms with Crippen molar-refractivity contribution in [3.8, 4) is 0 Å². The number of likely N-dealkylation sites (tertiary alicyclic amines) is 1. The van der Waals surface area contributed by atoms with E-state index in [1.54, 1.807) is 11.8 Å². The first-order valence-electron chi connectivity index (χ1n) is 7.80. The molecule has 1 saturated heterocycles. The van der Waals surface area contributed by atoms with Gasteiger partial charge in [0.25, 0.3) is 0 Å². The molecule has 1 aliphatic heterocycles. The van der Waals surface area contributed by atoms with Crippen LogP contribution in [0.1, 0.15) is 43.7 Å². The Morgan fingerprint density at radius 3 is 2.29 bits per heavy atom. The van der Waals surface area contributed by atoms with Gasteiger partial charge in [0.1, 0.15) is 0 Å². The molecule has 2 rings (SSSR count). The maximum absolute atomic E-state index is 12.4. The highest BCUT2D eigenvalue weighted by Crippen LogP contribution is 2.21. The van der Waals surface area contributed by atoms with Crippen molar-refractivity contribution in [1.29, 1.82) is 0 Å².